The van der Waals surface area contributed by atoms with Crippen LogP contribution in [0.25, 0.3) is 0 Å². The SMILES string of the molecule is CCCn1cncc1COc1cccc(C(C)N)c1. The number of ether oxygens (including phenoxy) is 1. The van der Waals surface area contributed by atoms with E-state index in [1.807, 2.05) is 43.7 Å². The van der Waals surface area contributed by atoms with Crippen molar-refractivity contribution in [1.29, 1.82) is 0 Å². The monoisotopic (exact) mass is 259 g/mol. The van der Waals surface area contributed by atoms with E-state index in [0.29, 0.717) is 6.61 Å². The molecule has 1 aromatic carbocycles. The highest BCUT2D eigenvalue weighted by atomic mass is 16.5. The first kappa shape index (κ1) is 13.6. The first-order valence-electron chi connectivity index (χ1n) is 6.68. The summed E-state index contributed by atoms with van der Waals surface area (Å²) >= 11 is 0. The molecule has 0 spiro atoms. The lowest BCUT2D eigenvalue weighted by molar-refractivity contribution is 0.294. The number of nitrogens with zero attached hydrogens (tertiary/aromatic N) is 2. The number of hydrogen-bond acceptors (Lipinski definition) is 3. The second kappa shape index (κ2) is 6.38. The Hall–Kier alpha value is -1.81. The number of aryl methyl sites for hydroxylation is 1. The van der Waals surface area contributed by atoms with Gasteiger partial charge in [0.05, 0.1) is 18.2 Å². The lowest BCUT2D eigenvalue weighted by atomic mass is 10.1. The fourth-order valence-corrected chi connectivity index (χ4v) is 1.96. The summed E-state index contributed by atoms with van der Waals surface area (Å²) in [5.41, 5.74) is 8.04. The molecular formula is C15H21N3O. The van der Waals surface area contributed by atoms with E-state index < -0.39 is 0 Å². The number of imidazole rings is 1. The van der Waals surface area contributed by atoms with Gasteiger partial charge in [-0.15, -0.1) is 0 Å². The van der Waals surface area contributed by atoms with Crippen molar-refractivity contribution in [2.45, 2.75) is 39.5 Å². The van der Waals surface area contributed by atoms with Crippen LogP contribution in [-0.4, -0.2) is 9.55 Å². The van der Waals surface area contributed by atoms with Crippen LogP contribution in [0.4, 0.5) is 0 Å². The van der Waals surface area contributed by atoms with Crippen LogP contribution in [0.15, 0.2) is 36.8 Å². The van der Waals surface area contributed by atoms with Gasteiger partial charge in [0.25, 0.3) is 0 Å². The molecular weight excluding hydrogens is 238 g/mol. The van der Waals surface area contributed by atoms with Crippen molar-refractivity contribution in [3.8, 4) is 5.75 Å². The summed E-state index contributed by atoms with van der Waals surface area (Å²) in [5, 5.41) is 0. The summed E-state index contributed by atoms with van der Waals surface area (Å²) in [5.74, 6) is 0.846. The zero-order chi connectivity index (χ0) is 13.7. The Morgan fingerprint density at radius 1 is 1.42 bits per heavy atom. The molecule has 0 fully saturated rings. The second-order valence-electron chi connectivity index (χ2n) is 4.73. The third kappa shape index (κ3) is 3.58. The minimum absolute atomic E-state index is 0.0224. The van der Waals surface area contributed by atoms with E-state index >= 15 is 0 Å². The number of aromatic nitrogens is 2. The summed E-state index contributed by atoms with van der Waals surface area (Å²) in [6, 6.07) is 7.95. The van der Waals surface area contributed by atoms with Gasteiger partial charge in [-0.05, 0) is 31.0 Å². The predicted molar refractivity (Wildman–Crippen MR) is 75.9 cm³/mol. The summed E-state index contributed by atoms with van der Waals surface area (Å²) in [4.78, 5) is 4.16. The summed E-state index contributed by atoms with van der Waals surface area (Å²) in [6.07, 6.45) is 4.79. The molecule has 0 radical (unpaired) electrons. The lowest BCUT2D eigenvalue weighted by Gasteiger charge is -2.11. The van der Waals surface area contributed by atoms with Crippen molar-refractivity contribution in [3.05, 3.63) is 48.0 Å². The Labute approximate surface area is 114 Å². The van der Waals surface area contributed by atoms with E-state index in [9.17, 15) is 0 Å². The second-order valence-corrected chi connectivity index (χ2v) is 4.73. The standard InChI is InChI=1S/C15H21N3O/c1-3-7-18-11-17-9-14(18)10-19-15-6-4-5-13(8-15)12(2)16/h4-6,8-9,11-12H,3,7,10,16H2,1-2H3. The molecule has 2 aromatic rings. The maximum absolute atomic E-state index is 5.87. The largest absolute Gasteiger partial charge is 0.487 e. The third-order valence-electron chi connectivity index (χ3n) is 3.03. The first-order valence-corrected chi connectivity index (χ1v) is 6.68. The van der Waals surface area contributed by atoms with E-state index in [4.69, 9.17) is 10.5 Å². The molecule has 1 atom stereocenters. The van der Waals surface area contributed by atoms with Gasteiger partial charge in [-0.1, -0.05) is 19.1 Å². The molecule has 2 N–H and O–H groups in total. The van der Waals surface area contributed by atoms with Crippen LogP contribution in [0.1, 0.15) is 37.6 Å². The number of nitrogens with two attached hydrogens (primary N) is 1. The smallest absolute Gasteiger partial charge is 0.130 e. The fourth-order valence-electron chi connectivity index (χ4n) is 1.96. The van der Waals surface area contributed by atoms with Crippen molar-refractivity contribution in [2.24, 2.45) is 5.73 Å². The van der Waals surface area contributed by atoms with Gasteiger partial charge in [0.15, 0.2) is 0 Å². The summed E-state index contributed by atoms with van der Waals surface area (Å²) in [6.45, 7) is 5.62. The van der Waals surface area contributed by atoms with Crippen LogP contribution in [-0.2, 0) is 13.2 Å². The zero-order valence-corrected chi connectivity index (χ0v) is 11.5. The molecule has 0 aliphatic rings. The highest BCUT2D eigenvalue weighted by Gasteiger charge is 2.04. The Balaban J connectivity index is 2.02. The molecule has 1 heterocycles. The molecule has 0 saturated heterocycles. The van der Waals surface area contributed by atoms with Crippen molar-refractivity contribution < 1.29 is 4.74 Å². The zero-order valence-electron chi connectivity index (χ0n) is 11.5. The number of hydrogen-bond donors (Lipinski definition) is 1. The van der Waals surface area contributed by atoms with Crippen LogP contribution in [0.2, 0.25) is 0 Å². The number of benzene rings is 1. The maximum Gasteiger partial charge on any atom is 0.130 e. The van der Waals surface area contributed by atoms with Crippen LogP contribution in [0, 0.1) is 0 Å². The quantitative estimate of drug-likeness (QED) is 0.867. The molecule has 19 heavy (non-hydrogen) atoms. The van der Waals surface area contributed by atoms with Gasteiger partial charge in [-0.2, -0.15) is 0 Å². The van der Waals surface area contributed by atoms with E-state index in [0.717, 1.165) is 30.0 Å². The molecule has 0 saturated carbocycles. The van der Waals surface area contributed by atoms with Crippen LogP contribution >= 0.6 is 0 Å². The molecule has 1 aromatic heterocycles. The van der Waals surface area contributed by atoms with Gasteiger partial charge in [0, 0.05) is 12.6 Å². The van der Waals surface area contributed by atoms with Crippen molar-refractivity contribution in [1.82, 2.24) is 9.55 Å². The molecule has 4 nitrogen and oxygen atoms in total. The normalized spacial score (nSPS) is 12.4. The average Bonchev–Trinajstić information content (AvgIpc) is 2.85. The van der Waals surface area contributed by atoms with Crippen molar-refractivity contribution >= 4 is 0 Å². The van der Waals surface area contributed by atoms with Gasteiger partial charge in [-0.25, -0.2) is 4.98 Å². The molecule has 102 valence electrons. The lowest BCUT2D eigenvalue weighted by Crippen LogP contribution is -2.07. The molecule has 4 heteroatoms. The first-order chi connectivity index (χ1) is 9.20. The highest BCUT2D eigenvalue weighted by Crippen LogP contribution is 2.18. The number of rotatable bonds is 6. The Bertz CT molecular complexity index is 520. The molecule has 0 aliphatic carbocycles. The minimum Gasteiger partial charge on any atom is -0.487 e. The van der Waals surface area contributed by atoms with Crippen LogP contribution in [0.5, 0.6) is 5.75 Å². The topological polar surface area (TPSA) is 53.1 Å². The molecule has 0 aliphatic heterocycles. The van der Waals surface area contributed by atoms with Crippen LogP contribution in [0.3, 0.4) is 0 Å². The van der Waals surface area contributed by atoms with E-state index in [-0.39, 0.29) is 6.04 Å². The molecule has 1 unspecified atom stereocenters. The Morgan fingerprint density at radius 2 is 2.26 bits per heavy atom. The maximum atomic E-state index is 5.87. The third-order valence-corrected chi connectivity index (χ3v) is 3.03. The molecule has 2 rings (SSSR count). The Morgan fingerprint density at radius 3 is 3.00 bits per heavy atom. The highest BCUT2D eigenvalue weighted by molar-refractivity contribution is 5.30. The van der Waals surface area contributed by atoms with Gasteiger partial charge < -0.3 is 15.0 Å². The van der Waals surface area contributed by atoms with Gasteiger partial charge in [0.2, 0.25) is 0 Å². The van der Waals surface area contributed by atoms with Gasteiger partial charge >= 0.3 is 0 Å². The summed E-state index contributed by atoms with van der Waals surface area (Å²) < 4.78 is 7.93. The van der Waals surface area contributed by atoms with Crippen LogP contribution < -0.4 is 10.5 Å². The average molecular weight is 259 g/mol. The van der Waals surface area contributed by atoms with Crippen molar-refractivity contribution in [2.75, 3.05) is 0 Å². The summed E-state index contributed by atoms with van der Waals surface area (Å²) in [7, 11) is 0. The van der Waals surface area contributed by atoms with Gasteiger partial charge in [-0.3, -0.25) is 0 Å². The Kier molecular flexibility index (Phi) is 4.58. The molecule has 0 amide bonds. The fraction of sp³-hybridized carbons (Fsp3) is 0.400. The van der Waals surface area contributed by atoms with Crippen molar-refractivity contribution in [3.63, 3.8) is 0 Å². The predicted octanol–water partition coefficient (Wildman–Crippen LogP) is 2.89. The molecule has 0 bridgehead atoms. The minimum atomic E-state index is 0.0224. The van der Waals surface area contributed by atoms with E-state index in [2.05, 4.69) is 16.5 Å². The van der Waals surface area contributed by atoms with E-state index in [1.165, 1.54) is 0 Å². The van der Waals surface area contributed by atoms with Gasteiger partial charge in [0.1, 0.15) is 12.4 Å². The van der Waals surface area contributed by atoms with E-state index in [1.54, 1.807) is 0 Å².